The van der Waals surface area contributed by atoms with Gasteiger partial charge in [0.25, 0.3) is 5.91 Å². The number of benzene rings is 1. The number of hydrogen-bond donors (Lipinski definition) is 3. The van der Waals surface area contributed by atoms with Crippen molar-refractivity contribution in [1.82, 2.24) is 20.6 Å². The van der Waals surface area contributed by atoms with E-state index in [2.05, 4.69) is 20.6 Å². The predicted octanol–water partition coefficient (Wildman–Crippen LogP) is 1.35. The highest BCUT2D eigenvalue weighted by atomic mass is 16.2. The van der Waals surface area contributed by atoms with E-state index >= 15 is 0 Å². The molecule has 22 heavy (non-hydrogen) atoms. The zero-order valence-electron chi connectivity index (χ0n) is 11.8. The number of aromatic nitrogens is 2. The van der Waals surface area contributed by atoms with Crippen molar-refractivity contribution in [3.63, 3.8) is 0 Å². The van der Waals surface area contributed by atoms with Crippen molar-refractivity contribution in [1.29, 1.82) is 5.26 Å². The Morgan fingerprint density at radius 3 is 2.77 bits per heavy atom. The van der Waals surface area contributed by atoms with Gasteiger partial charge in [-0.3, -0.25) is 10.1 Å². The van der Waals surface area contributed by atoms with E-state index in [1.54, 1.807) is 30.3 Å². The molecule has 7 heteroatoms. The van der Waals surface area contributed by atoms with Gasteiger partial charge in [0.15, 0.2) is 5.69 Å². The van der Waals surface area contributed by atoms with Crippen LogP contribution in [0.5, 0.6) is 0 Å². The van der Waals surface area contributed by atoms with Gasteiger partial charge in [0, 0.05) is 12.1 Å². The summed E-state index contributed by atoms with van der Waals surface area (Å²) in [6.07, 6.45) is 2.69. The van der Waals surface area contributed by atoms with Gasteiger partial charge >= 0.3 is 6.03 Å². The highest BCUT2D eigenvalue weighted by Gasteiger charge is 2.09. The van der Waals surface area contributed by atoms with Crippen LogP contribution in [0.25, 0.3) is 0 Å². The first-order valence-electron chi connectivity index (χ1n) is 6.77. The summed E-state index contributed by atoms with van der Waals surface area (Å²) in [5.41, 5.74) is 1.53. The minimum Gasteiger partial charge on any atom is -0.347 e. The maximum absolute atomic E-state index is 11.7. The number of urea groups is 1. The summed E-state index contributed by atoms with van der Waals surface area (Å²) in [5.74, 6) is -0.446. The van der Waals surface area contributed by atoms with Crippen LogP contribution in [0.4, 0.5) is 4.79 Å². The van der Waals surface area contributed by atoms with E-state index in [9.17, 15) is 9.59 Å². The Morgan fingerprint density at radius 1 is 1.27 bits per heavy atom. The molecule has 0 atom stereocenters. The zero-order chi connectivity index (χ0) is 15.8. The Kier molecular flexibility index (Phi) is 5.26. The Balaban J connectivity index is 1.70. The van der Waals surface area contributed by atoms with E-state index in [1.807, 2.05) is 6.07 Å². The highest BCUT2D eigenvalue weighted by molar-refractivity contribution is 6.04. The fourth-order valence-electron chi connectivity index (χ4n) is 1.88. The van der Waals surface area contributed by atoms with Gasteiger partial charge in [0.05, 0.1) is 12.0 Å². The van der Waals surface area contributed by atoms with Crippen LogP contribution in [0.1, 0.15) is 28.2 Å². The van der Waals surface area contributed by atoms with Crippen LogP contribution >= 0.6 is 0 Å². The molecular formula is C15H15N5O2. The Hall–Kier alpha value is -3.14. The molecular weight excluding hydrogens is 282 g/mol. The summed E-state index contributed by atoms with van der Waals surface area (Å²) < 4.78 is 0. The average molecular weight is 297 g/mol. The fraction of sp³-hybridized carbons (Fsp3) is 0.200. The van der Waals surface area contributed by atoms with Crippen molar-refractivity contribution >= 4 is 11.9 Å². The summed E-state index contributed by atoms with van der Waals surface area (Å²) >= 11 is 0. The average Bonchev–Trinajstić information content (AvgIpc) is 3.00. The van der Waals surface area contributed by atoms with Gasteiger partial charge in [-0.25, -0.2) is 9.78 Å². The van der Waals surface area contributed by atoms with Crippen LogP contribution in [0.2, 0.25) is 0 Å². The number of nitrogens with zero attached hydrogens (tertiary/aromatic N) is 2. The molecule has 0 aliphatic carbocycles. The molecule has 2 rings (SSSR count). The third-order valence-corrected chi connectivity index (χ3v) is 2.98. The summed E-state index contributed by atoms with van der Waals surface area (Å²) in [6.45, 7) is 0.387. The number of nitriles is 1. The van der Waals surface area contributed by atoms with Crippen LogP contribution < -0.4 is 10.6 Å². The van der Waals surface area contributed by atoms with Gasteiger partial charge < -0.3 is 10.3 Å². The van der Waals surface area contributed by atoms with Crippen molar-refractivity contribution < 1.29 is 9.59 Å². The summed E-state index contributed by atoms with van der Waals surface area (Å²) in [4.78, 5) is 30.1. The van der Waals surface area contributed by atoms with Gasteiger partial charge in [0.1, 0.15) is 6.07 Å². The number of imide groups is 1. The molecule has 0 radical (unpaired) electrons. The number of nitrogens with one attached hydrogen (secondary N) is 3. The summed E-state index contributed by atoms with van der Waals surface area (Å²) in [6, 6.07) is 9.94. The molecule has 1 heterocycles. The van der Waals surface area contributed by atoms with E-state index in [4.69, 9.17) is 5.26 Å². The minimum absolute atomic E-state index is 0.365. The third-order valence-electron chi connectivity index (χ3n) is 2.98. The number of aromatic amines is 1. The number of imidazole rings is 1. The van der Waals surface area contributed by atoms with Gasteiger partial charge in [-0.2, -0.15) is 5.26 Å². The molecule has 2 aromatic rings. The molecule has 0 bridgehead atoms. The molecule has 0 unspecified atom stereocenters. The van der Waals surface area contributed by atoms with E-state index in [0.29, 0.717) is 30.6 Å². The molecule has 0 spiro atoms. The maximum atomic E-state index is 11.7. The lowest BCUT2D eigenvalue weighted by atomic mass is 10.2. The molecule has 1 aromatic carbocycles. The molecule has 0 aliphatic rings. The Morgan fingerprint density at radius 2 is 2.05 bits per heavy atom. The second kappa shape index (κ2) is 7.59. The molecule has 112 valence electrons. The van der Waals surface area contributed by atoms with Crippen LogP contribution in [-0.2, 0) is 6.42 Å². The monoisotopic (exact) mass is 297 g/mol. The fourth-order valence-corrected chi connectivity index (χ4v) is 1.88. The van der Waals surface area contributed by atoms with Crippen molar-refractivity contribution in [3.8, 4) is 6.07 Å². The van der Waals surface area contributed by atoms with Gasteiger partial charge in [-0.15, -0.1) is 0 Å². The van der Waals surface area contributed by atoms with Crippen LogP contribution in [-0.4, -0.2) is 28.5 Å². The number of carbonyl (C=O) groups is 2. The van der Waals surface area contributed by atoms with E-state index in [0.717, 1.165) is 5.69 Å². The number of aryl methyl sites for hydroxylation is 1. The van der Waals surface area contributed by atoms with Crippen LogP contribution in [0.3, 0.4) is 0 Å². The van der Waals surface area contributed by atoms with Crippen molar-refractivity contribution in [2.75, 3.05) is 6.54 Å². The second-order valence-electron chi connectivity index (χ2n) is 4.52. The van der Waals surface area contributed by atoms with E-state index in [-0.39, 0.29) is 0 Å². The lowest BCUT2D eigenvalue weighted by Crippen LogP contribution is -2.39. The number of H-pyrrole nitrogens is 1. The number of rotatable bonds is 5. The van der Waals surface area contributed by atoms with Crippen LogP contribution in [0.15, 0.2) is 36.7 Å². The minimum atomic E-state index is -0.543. The molecule has 0 aliphatic heterocycles. The molecule has 7 nitrogen and oxygen atoms in total. The topological polar surface area (TPSA) is 111 Å². The molecule has 0 saturated carbocycles. The lowest BCUT2D eigenvalue weighted by Gasteiger charge is -2.06. The first-order chi connectivity index (χ1) is 10.7. The summed E-state index contributed by atoms with van der Waals surface area (Å²) in [7, 11) is 0. The van der Waals surface area contributed by atoms with Crippen LogP contribution in [0, 0.1) is 11.3 Å². The van der Waals surface area contributed by atoms with Crippen molar-refractivity contribution in [2.24, 2.45) is 0 Å². The quantitative estimate of drug-likeness (QED) is 0.723. The lowest BCUT2D eigenvalue weighted by molar-refractivity contribution is 0.0964. The molecule has 0 fully saturated rings. The number of hydrogen-bond acceptors (Lipinski definition) is 4. The first-order valence-corrected chi connectivity index (χ1v) is 6.77. The molecule has 3 amide bonds. The summed E-state index contributed by atoms with van der Waals surface area (Å²) in [5, 5.41) is 13.7. The van der Waals surface area contributed by atoms with Gasteiger partial charge in [-0.05, 0) is 25.0 Å². The maximum Gasteiger partial charge on any atom is 0.321 e. The third kappa shape index (κ3) is 4.18. The largest absolute Gasteiger partial charge is 0.347 e. The zero-order valence-corrected chi connectivity index (χ0v) is 11.8. The first kappa shape index (κ1) is 15.3. The highest BCUT2D eigenvalue weighted by Crippen LogP contribution is 2.03. The molecule has 3 N–H and O–H groups in total. The SMILES string of the molecule is N#Cc1nc[nH]c1CCCNC(=O)NC(=O)c1ccccc1. The predicted molar refractivity (Wildman–Crippen MR) is 78.9 cm³/mol. The van der Waals surface area contributed by atoms with Crippen molar-refractivity contribution in [2.45, 2.75) is 12.8 Å². The smallest absolute Gasteiger partial charge is 0.321 e. The van der Waals surface area contributed by atoms with E-state index in [1.165, 1.54) is 6.33 Å². The van der Waals surface area contributed by atoms with Crippen molar-refractivity contribution in [3.05, 3.63) is 53.6 Å². The number of amides is 3. The standard InChI is InChI=1S/C15H15N5O2/c16-9-13-12(18-10-19-13)7-4-8-17-15(22)20-14(21)11-5-2-1-3-6-11/h1-3,5-6,10H,4,7-8H2,(H,18,19)(H2,17,20,21,22). The van der Waals surface area contributed by atoms with Gasteiger partial charge in [-0.1, -0.05) is 18.2 Å². The number of carbonyl (C=O) groups excluding carboxylic acids is 2. The molecule has 1 aromatic heterocycles. The molecule has 0 saturated heterocycles. The second-order valence-corrected chi connectivity index (χ2v) is 4.52. The van der Waals surface area contributed by atoms with E-state index < -0.39 is 11.9 Å². The Labute approximate surface area is 127 Å². The van der Waals surface area contributed by atoms with Gasteiger partial charge in [0.2, 0.25) is 0 Å². The normalized spacial score (nSPS) is 9.77. The Bertz CT molecular complexity index is 687.